The van der Waals surface area contributed by atoms with E-state index in [0.717, 1.165) is 32.1 Å². The lowest BCUT2D eigenvalue weighted by atomic mass is 10.1. The van der Waals surface area contributed by atoms with E-state index in [1.807, 2.05) is 13.0 Å². The molecule has 1 N–H and O–H groups in total. The maximum Gasteiger partial charge on any atom is 0.328 e. The van der Waals surface area contributed by atoms with Gasteiger partial charge in [0.15, 0.2) is 0 Å². The number of carbonyl (C=O) groups is 2. The predicted octanol–water partition coefficient (Wildman–Crippen LogP) is 2.21. The Bertz CT molecular complexity index is 292. The molecule has 5 nitrogen and oxygen atoms in total. The third-order valence-corrected chi connectivity index (χ3v) is 2.91. The lowest BCUT2D eigenvalue weighted by Crippen LogP contribution is -2.43. The van der Waals surface area contributed by atoms with Gasteiger partial charge < -0.3 is 14.8 Å². The number of nitrogens with one attached hydrogen (secondary N) is 1. The van der Waals surface area contributed by atoms with Crippen LogP contribution in [0, 0.1) is 0 Å². The second kappa shape index (κ2) is 12.7. The van der Waals surface area contributed by atoms with Gasteiger partial charge in [0.05, 0.1) is 7.11 Å². The smallest absolute Gasteiger partial charge is 0.328 e. The molecular formula is C15H27NO4. The first-order valence-corrected chi connectivity index (χ1v) is 7.21. The number of methoxy groups -OCH3 is 1. The van der Waals surface area contributed by atoms with Crippen molar-refractivity contribution in [3.8, 4) is 0 Å². The molecule has 0 aromatic carbocycles. The fraction of sp³-hybridized carbons (Fsp3) is 0.733. The van der Waals surface area contributed by atoms with Crippen LogP contribution >= 0.6 is 0 Å². The van der Waals surface area contributed by atoms with Gasteiger partial charge in [0, 0.05) is 6.61 Å². The van der Waals surface area contributed by atoms with Gasteiger partial charge >= 0.3 is 5.97 Å². The monoisotopic (exact) mass is 285 g/mol. The summed E-state index contributed by atoms with van der Waals surface area (Å²) in [6.07, 6.45) is 7.65. The molecule has 0 aliphatic rings. The second-order valence-electron chi connectivity index (χ2n) is 4.56. The molecule has 0 fully saturated rings. The van der Waals surface area contributed by atoms with Crippen molar-refractivity contribution in [2.45, 2.75) is 51.5 Å². The summed E-state index contributed by atoms with van der Waals surface area (Å²) < 4.78 is 9.71. The highest BCUT2D eigenvalue weighted by molar-refractivity contribution is 5.84. The molecule has 0 aliphatic carbocycles. The molecule has 0 bridgehead atoms. The average molecular weight is 285 g/mol. The molecule has 0 spiro atoms. The highest BCUT2D eigenvalue weighted by Gasteiger charge is 2.20. The number of unbranched alkanes of at least 4 members (excludes halogenated alkanes) is 4. The Hall–Kier alpha value is -1.36. The largest absolute Gasteiger partial charge is 0.467 e. The quantitative estimate of drug-likeness (QED) is 0.339. The van der Waals surface area contributed by atoms with Crippen LogP contribution in [0.4, 0.5) is 0 Å². The summed E-state index contributed by atoms with van der Waals surface area (Å²) in [6.45, 7) is 5.94. The fourth-order valence-corrected chi connectivity index (χ4v) is 1.81. The van der Waals surface area contributed by atoms with Gasteiger partial charge in [0.1, 0.15) is 12.6 Å². The Morgan fingerprint density at radius 3 is 2.55 bits per heavy atom. The van der Waals surface area contributed by atoms with E-state index >= 15 is 0 Å². The second-order valence-corrected chi connectivity index (χ2v) is 4.56. The van der Waals surface area contributed by atoms with Gasteiger partial charge in [-0.05, 0) is 26.2 Å². The number of carbonyl (C=O) groups excluding carboxylic acids is 2. The summed E-state index contributed by atoms with van der Waals surface area (Å²) in [4.78, 5) is 23.1. The normalized spacial score (nSPS) is 11.7. The van der Waals surface area contributed by atoms with Gasteiger partial charge in [-0.15, -0.1) is 6.58 Å². The molecule has 0 aromatic rings. The van der Waals surface area contributed by atoms with Crippen molar-refractivity contribution in [3.05, 3.63) is 12.7 Å². The van der Waals surface area contributed by atoms with Crippen molar-refractivity contribution in [2.75, 3.05) is 20.3 Å². The number of allylic oxidation sites excluding steroid dienone is 1. The standard InChI is InChI=1S/C15H27NO4/c1-4-6-7-8-9-10-11-13(15(18)19-3)16-14(17)12-20-5-2/h4,13H,1,5-12H2,2-3H3,(H,16,17)/t13-/m1/s1. The Labute approximate surface area is 121 Å². The van der Waals surface area contributed by atoms with Gasteiger partial charge in [0.25, 0.3) is 0 Å². The minimum absolute atomic E-state index is 0.0245. The summed E-state index contributed by atoms with van der Waals surface area (Å²) in [6, 6.07) is -0.577. The Balaban J connectivity index is 3.99. The lowest BCUT2D eigenvalue weighted by molar-refractivity contribution is -0.145. The van der Waals surface area contributed by atoms with Crippen LogP contribution in [-0.4, -0.2) is 38.2 Å². The molecule has 1 atom stereocenters. The molecule has 0 radical (unpaired) electrons. The van der Waals surface area contributed by atoms with Crippen LogP contribution in [-0.2, 0) is 19.1 Å². The van der Waals surface area contributed by atoms with Crippen molar-refractivity contribution < 1.29 is 19.1 Å². The molecule has 1 amide bonds. The summed E-state index contributed by atoms with van der Waals surface area (Å²) in [5, 5.41) is 2.65. The number of hydrogen-bond acceptors (Lipinski definition) is 4. The van der Waals surface area contributed by atoms with E-state index in [4.69, 9.17) is 9.47 Å². The summed E-state index contributed by atoms with van der Waals surface area (Å²) >= 11 is 0. The van der Waals surface area contributed by atoms with E-state index in [9.17, 15) is 9.59 Å². The third kappa shape index (κ3) is 9.55. The van der Waals surface area contributed by atoms with E-state index in [0.29, 0.717) is 13.0 Å². The van der Waals surface area contributed by atoms with Crippen LogP contribution in [0.1, 0.15) is 45.4 Å². The SMILES string of the molecule is C=CCCCCCC[C@@H](NC(=O)COCC)C(=O)OC. The Morgan fingerprint density at radius 1 is 1.25 bits per heavy atom. The van der Waals surface area contributed by atoms with Gasteiger partial charge in [-0.25, -0.2) is 4.79 Å². The maximum absolute atomic E-state index is 11.6. The molecule has 0 rings (SSSR count). The molecule has 0 saturated heterocycles. The minimum atomic E-state index is -0.577. The first kappa shape index (κ1) is 18.6. The molecule has 20 heavy (non-hydrogen) atoms. The number of esters is 1. The zero-order valence-electron chi connectivity index (χ0n) is 12.7. The average Bonchev–Trinajstić information content (AvgIpc) is 2.46. The van der Waals surface area contributed by atoms with Crippen LogP contribution in [0.2, 0.25) is 0 Å². The summed E-state index contributed by atoms with van der Waals surface area (Å²) in [5.74, 6) is -0.685. The van der Waals surface area contributed by atoms with Crippen LogP contribution in [0.25, 0.3) is 0 Å². The van der Waals surface area contributed by atoms with E-state index < -0.39 is 12.0 Å². The molecule has 0 unspecified atom stereocenters. The van der Waals surface area contributed by atoms with Crippen molar-refractivity contribution in [3.63, 3.8) is 0 Å². The Morgan fingerprint density at radius 2 is 1.95 bits per heavy atom. The molecule has 0 heterocycles. The Kier molecular flexibility index (Phi) is 11.8. The molecule has 116 valence electrons. The highest BCUT2D eigenvalue weighted by atomic mass is 16.5. The zero-order chi connectivity index (χ0) is 15.2. The lowest BCUT2D eigenvalue weighted by Gasteiger charge is -2.16. The van der Waals surface area contributed by atoms with Crippen LogP contribution in [0.15, 0.2) is 12.7 Å². The number of ether oxygens (including phenoxy) is 2. The van der Waals surface area contributed by atoms with Gasteiger partial charge in [-0.2, -0.15) is 0 Å². The minimum Gasteiger partial charge on any atom is -0.467 e. The van der Waals surface area contributed by atoms with Crippen molar-refractivity contribution in [1.29, 1.82) is 0 Å². The molecule has 0 aromatic heterocycles. The summed E-state index contributed by atoms with van der Waals surface area (Å²) in [7, 11) is 1.33. The van der Waals surface area contributed by atoms with Gasteiger partial charge in [-0.1, -0.05) is 25.3 Å². The van der Waals surface area contributed by atoms with Crippen LogP contribution in [0.3, 0.4) is 0 Å². The molecular weight excluding hydrogens is 258 g/mol. The first-order valence-electron chi connectivity index (χ1n) is 7.21. The zero-order valence-corrected chi connectivity index (χ0v) is 12.7. The van der Waals surface area contributed by atoms with Crippen LogP contribution < -0.4 is 5.32 Å². The molecule has 0 saturated carbocycles. The number of hydrogen-bond donors (Lipinski definition) is 1. The topological polar surface area (TPSA) is 64.6 Å². The van der Waals surface area contributed by atoms with E-state index in [1.54, 1.807) is 0 Å². The third-order valence-electron chi connectivity index (χ3n) is 2.91. The predicted molar refractivity (Wildman–Crippen MR) is 78.3 cm³/mol. The fourth-order valence-electron chi connectivity index (χ4n) is 1.81. The number of rotatable bonds is 12. The highest BCUT2D eigenvalue weighted by Crippen LogP contribution is 2.08. The van der Waals surface area contributed by atoms with E-state index in [2.05, 4.69) is 11.9 Å². The van der Waals surface area contributed by atoms with Crippen molar-refractivity contribution in [1.82, 2.24) is 5.32 Å². The molecule has 5 heteroatoms. The van der Waals surface area contributed by atoms with Crippen molar-refractivity contribution >= 4 is 11.9 Å². The van der Waals surface area contributed by atoms with E-state index in [1.165, 1.54) is 7.11 Å². The first-order chi connectivity index (χ1) is 9.65. The maximum atomic E-state index is 11.6. The van der Waals surface area contributed by atoms with Crippen molar-refractivity contribution in [2.24, 2.45) is 0 Å². The van der Waals surface area contributed by atoms with Crippen LogP contribution in [0.5, 0.6) is 0 Å². The number of amides is 1. The van der Waals surface area contributed by atoms with Gasteiger partial charge in [-0.3, -0.25) is 4.79 Å². The summed E-state index contributed by atoms with van der Waals surface area (Å²) in [5.41, 5.74) is 0. The van der Waals surface area contributed by atoms with Gasteiger partial charge in [0.2, 0.25) is 5.91 Å². The molecule has 0 aliphatic heterocycles. The van der Waals surface area contributed by atoms with E-state index in [-0.39, 0.29) is 12.5 Å².